The molecule has 0 radical (unpaired) electrons. The van der Waals surface area contributed by atoms with Crippen LogP contribution in [-0.2, 0) is 10.0 Å². The molecule has 17 heavy (non-hydrogen) atoms. The molecule has 1 aliphatic heterocycles. The Morgan fingerprint density at radius 3 is 2.76 bits per heavy atom. The van der Waals surface area contributed by atoms with E-state index in [2.05, 4.69) is 0 Å². The molecular formula is C11H11FN2O2S. The number of rotatable bonds is 1. The molecule has 0 aliphatic carbocycles. The maximum atomic E-state index is 13.0. The highest BCUT2D eigenvalue weighted by atomic mass is 32.2. The van der Waals surface area contributed by atoms with Crippen molar-refractivity contribution in [3.05, 3.63) is 29.6 Å². The summed E-state index contributed by atoms with van der Waals surface area (Å²) in [5.74, 6) is -0.463. The van der Waals surface area contributed by atoms with Crippen molar-refractivity contribution in [2.75, 3.05) is 16.6 Å². The number of hydrogen-bond acceptors (Lipinski definition) is 3. The Morgan fingerprint density at radius 2 is 2.12 bits per heavy atom. The predicted octanol–water partition coefficient (Wildman–Crippen LogP) is 1.63. The van der Waals surface area contributed by atoms with E-state index < -0.39 is 15.8 Å². The zero-order valence-corrected chi connectivity index (χ0v) is 9.87. The number of sulfonamides is 1. The topological polar surface area (TPSA) is 61.2 Å². The number of nitrogens with zero attached hydrogens (tertiary/aromatic N) is 2. The third-order valence-electron chi connectivity index (χ3n) is 2.70. The van der Waals surface area contributed by atoms with Crippen LogP contribution in [0, 0.1) is 17.1 Å². The summed E-state index contributed by atoms with van der Waals surface area (Å²) in [6.45, 7) is 0.350. The van der Waals surface area contributed by atoms with Gasteiger partial charge in [-0.15, -0.1) is 0 Å². The van der Waals surface area contributed by atoms with Gasteiger partial charge in [0, 0.05) is 6.54 Å². The van der Waals surface area contributed by atoms with Gasteiger partial charge in [0.25, 0.3) is 0 Å². The molecule has 2 rings (SSSR count). The van der Waals surface area contributed by atoms with Gasteiger partial charge in [-0.3, -0.25) is 4.31 Å². The van der Waals surface area contributed by atoms with Crippen LogP contribution in [0.3, 0.4) is 0 Å². The van der Waals surface area contributed by atoms with Crippen LogP contribution in [0.5, 0.6) is 0 Å². The zero-order chi connectivity index (χ0) is 12.5. The maximum Gasteiger partial charge on any atom is 0.235 e. The normalized spacial score (nSPS) is 18.7. The van der Waals surface area contributed by atoms with Gasteiger partial charge in [0.15, 0.2) is 0 Å². The van der Waals surface area contributed by atoms with Crippen LogP contribution < -0.4 is 4.31 Å². The minimum Gasteiger partial charge on any atom is -0.269 e. The van der Waals surface area contributed by atoms with E-state index in [4.69, 9.17) is 5.26 Å². The first-order valence-corrected chi connectivity index (χ1v) is 6.85. The molecule has 1 aliphatic rings. The molecule has 0 N–H and O–H groups in total. The van der Waals surface area contributed by atoms with Crippen LogP contribution in [0.15, 0.2) is 18.2 Å². The Hall–Kier alpha value is -1.61. The van der Waals surface area contributed by atoms with E-state index >= 15 is 0 Å². The van der Waals surface area contributed by atoms with Gasteiger partial charge in [-0.25, -0.2) is 12.8 Å². The second kappa shape index (κ2) is 4.34. The standard InChI is InChI=1S/C11H11FN2O2S/c12-10-3-4-11(9(7-10)8-13)14-5-1-2-6-17(14,15)16/h3-4,7H,1-2,5-6H2. The van der Waals surface area contributed by atoms with Crippen molar-refractivity contribution in [1.82, 2.24) is 0 Å². The lowest BCUT2D eigenvalue weighted by Crippen LogP contribution is -2.38. The van der Waals surface area contributed by atoms with Crippen LogP contribution >= 0.6 is 0 Å². The SMILES string of the molecule is N#Cc1cc(F)ccc1N1CCCCS1(=O)=O. The van der Waals surface area contributed by atoms with Crippen molar-refractivity contribution in [1.29, 1.82) is 5.26 Å². The average Bonchev–Trinajstić information content (AvgIpc) is 2.29. The number of benzene rings is 1. The summed E-state index contributed by atoms with van der Waals surface area (Å²) in [6, 6.07) is 5.39. The summed E-state index contributed by atoms with van der Waals surface area (Å²) >= 11 is 0. The van der Waals surface area contributed by atoms with E-state index in [9.17, 15) is 12.8 Å². The Kier molecular flexibility index (Phi) is 3.03. The molecular weight excluding hydrogens is 243 g/mol. The molecule has 1 heterocycles. The smallest absolute Gasteiger partial charge is 0.235 e. The molecule has 1 aromatic rings. The van der Waals surface area contributed by atoms with Gasteiger partial charge in [-0.05, 0) is 31.0 Å². The first-order valence-electron chi connectivity index (χ1n) is 5.25. The molecule has 0 spiro atoms. The van der Waals surface area contributed by atoms with Crippen molar-refractivity contribution in [3.63, 3.8) is 0 Å². The minimum absolute atomic E-state index is 0.0514. The maximum absolute atomic E-state index is 13.0. The highest BCUT2D eigenvalue weighted by molar-refractivity contribution is 7.92. The Balaban J connectivity index is 2.50. The van der Waals surface area contributed by atoms with Crippen molar-refractivity contribution in [3.8, 4) is 6.07 Å². The highest BCUT2D eigenvalue weighted by Gasteiger charge is 2.27. The van der Waals surface area contributed by atoms with Crippen LogP contribution in [0.4, 0.5) is 10.1 Å². The Morgan fingerprint density at radius 1 is 1.35 bits per heavy atom. The molecule has 0 atom stereocenters. The van der Waals surface area contributed by atoms with Crippen LogP contribution in [0.1, 0.15) is 18.4 Å². The minimum atomic E-state index is -3.36. The summed E-state index contributed by atoms with van der Waals surface area (Å²) in [5, 5.41) is 8.91. The first-order chi connectivity index (χ1) is 8.04. The van der Waals surface area contributed by atoms with Crippen molar-refractivity contribution in [2.45, 2.75) is 12.8 Å². The molecule has 0 saturated carbocycles. The van der Waals surface area contributed by atoms with E-state index in [-0.39, 0.29) is 17.0 Å². The van der Waals surface area contributed by atoms with Crippen LogP contribution in [-0.4, -0.2) is 20.7 Å². The molecule has 0 amide bonds. The van der Waals surface area contributed by atoms with Gasteiger partial charge in [0.05, 0.1) is 17.0 Å². The van der Waals surface area contributed by atoms with Crippen LogP contribution in [0.25, 0.3) is 0 Å². The lowest BCUT2D eigenvalue weighted by Gasteiger charge is -2.28. The quantitative estimate of drug-likeness (QED) is 0.765. The fourth-order valence-corrected chi connectivity index (χ4v) is 3.53. The van der Waals surface area contributed by atoms with Crippen LogP contribution in [0.2, 0.25) is 0 Å². The summed E-state index contributed by atoms with van der Waals surface area (Å²) in [4.78, 5) is 0. The number of halogens is 1. The molecule has 0 unspecified atom stereocenters. The van der Waals surface area contributed by atoms with Gasteiger partial charge in [-0.2, -0.15) is 5.26 Å². The zero-order valence-electron chi connectivity index (χ0n) is 9.06. The monoisotopic (exact) mass is 254 g/mol. The second-order valence-corrected chi connectivity index (χ2v) is 5.88. The number of nitriles is 1. The Labute approximate surface area is 99.3 Å². The van der Waals surface area contributed by atoms with Crippen molar-refractivity contribution >= 4 is 15.7 Å². The molecule has 1 aromatic carbocycles. The van der Waals surface area contributed by atoms with E-state index in [1.54, 1.807) is 0 Å². The molecule has 90 valence electrons. The third-order valence-corrected chi connectivity index (χ3v) is 4.55. The van der Waals surface area contributed by atoms with E-state index in [0.717, 1.165) is 12.5 Å². The molecule has 4 nitrogen and oxygen atoms in total. The van der Waals surface area contributed by atoms with Crippen molar-refractivity contribution < 1.29 is 12.8 Å². The molecule has 6 heteroatoms. The molecule has 0 aromatic heterocycles. The predicted molar refractivity (Wildman–Crippen MR) is 61.5 cm³/mol. The van der Waals surface area contributed by atoms with E-state index in [1.807, 2.05) is 6.07 Å². The third kappa shape index (κ3) is 2.24. The summed E-state index contributed by atoms with van der Waals surface area (Å²) < 4.78 is 37.9. The van der Waals surface area contributed by atoms with Crippen molar-refractivity contribution in [2.24, 2.45) is 0 Å². The summed E-state index contributed by atoms with van der Waals surface area (Å²) in [7, 11) is -3.36. The summed E-state index contributed by atoms with van der Waals surface area (Å²) in [6.07, 6.45) is 1.38. The summed E-state index contributed by atoms with van der Waals surface area (Å²) in [5.41, 5.74) is 0.323. The highest BCUT2D eigenvalue weighted by Crippen LogP contribution is 2.27. The largest absolute Gasteiger partial charge is 0.269 e. The van der Waals surface area contributed by atoms with Gasteiger partial charge < -0.3 is 0 Å². The Bertz CT molecular complexity index is 578. The average molecular weight is 254 g/mol. The van der Waals surface area contributed by atoms with E-state index in [0.29, 0.717) is 13.0 Å². The lowest BCUT2D eigenvalue weighted by molar-refractivity contribution is 0.574. The van der Waals surface area contributed by atoms with Gasteiger partial charge >= 0.3 is 0 Å². The number of anilines is 1. The molecule has 0 bridgehead atoms. The second-order valence-electron chi connectivity index (χ2n) is 3.87. The number of hydrogen-bond donors (Lipinski definition) is 0. The van der Waals surface area contributed by atoms with Gasteiger partial charge in [0.2, 0.25) is 10.0 Å². The van der Waals surface area contributed by atoms with E-state index in [1.165, 1.54) is 16.4 Å². The lowest BCUT2D eigenvalue weighted by atomic mass is 10.2. The first kappa shape index (κ1) is 11.9. The fourth-order valence-electron chi connectivity index (χ4n) is 1.87. The molecule has 1 saturated heterocycles. The van der Waals surface area contributed by atoms with Gasteiger partial charge in [0.1, 0.15) is 11.9 Å². The van der Waals surface area contributed by atoms with Gasteiger partial charge in [-0.1, -0.05) is 0 Å². The molecule has 1 fully saturated rings. The fraction of sp³-hybridized carbons (Fsp3) is 0.364.